The van der Waals surface area contributed by atoms with E-state index in [9.17, 15) is 24.1 Å². The summed E-state index contributed by atoms with van der Waals surface area (Å²) in [5, 5.41) is 12.3. The third kappa shape index (κ3) is 6.38. The number of ether oxygens (including phenoxy) is 2. The molecule has 13 nitrogen and oxygen atoms in total. The van der Waals surface area contributed by atoms with Crippen molar-refractivity contribution >= 4 is 13.9 Å². The van der Waals surface area contributed by atoms with E-state index in [-0.39, 0.29) is 25.4 Å². The summed E-state index contributed by atoms with van der Waals surface area (Å²) in [7, 11) is -0.201. The van der Waals surface area contributed by atoms with Gasteiger partial charge in [0.1, 0.15) is 24.6 Å². The second-order valence-corrected chi connectivity index (χ2v) is 9.38. The van der Waals surface area contributed by atoms with Crippen LogP contribution in [0, 0.1) is 5.92 Å². The highest BCUT2D eigenvalue weighted by atomic mass is 31.2. The second-order valence-electron chi connectivity index (χ2n) is 7.72. The normalized spacial score (nSPS) is 23.4. The Morgan fingerprint density at radius 2 is 1.91 bits per heavy atom. The van der Waals surface area contributed by atoms with Crippen LogP contribution in [0.1, 0.15) is 18.0 Å². The van der Waals surface area contributed by atoms with Crippen LogP contribution in [0.3, 0.4) is 0 Å². The molecule has 2 unspecified atom stereocenters. The molecule has 0 bridgehead atoms. The zero-order valence-electron chi connectivity index (χ0n) is 19.4. The molecule has 1 amide bonds. The minimum atomic E-state index is -4.19. The van der Waals surface area contributed by atoms with Gasteiger partial charge in [0.05, 0.1) is 6.04 Å². The van der Waals surface area contributed by atoms with Gasteiger partial charge in [-0.1, -0.05) is 12.1 Å². The van der Waals surface area contributed by atoms with Crippen molar-refractivity contribution in [1.82, 2.24) is 14.9 Å². The minimum absolute atomic E-state index is 0.0275. The maximum atomic E-state index is 13.3. The number of hydrogen-bond donors (Lipinski definition) is 3. The molecule has 14 heteroatoms. The van der Waals surface area contributed by atoms with Crippen LogP contribution in [0.15, 0.2) is 46.1 Å². The van der Waals surface area contributed by atoms with Crippen molar-refractivity contribution < 1.29 is 37.5 Å². The number of hydrogen-bond acceptors (Lipinski definition) is 10. The predicted molar refractivity (Wildman–Crippen MR) is 122 cm³/mol. The number of aromatic amines is 1. The van der Waals surface area contributed by atoms with E-state index in [4.69, 9.17) is 23.0 Å². The van der Waals surface area contributed by atoms with Crippen LogP contribution in [0.4, 0.5) is 4.79 Å². The average molecular weight is 513 g/mol. The molecule has 0 aliphatic heterocycles. The Hall–Kier alpha value is -2.96. The summed E-state index contributed by atoms with van der Waals surface area (Å²) in [4.78, 5) is 37.1. The minimum Gasteiger partial charge on any atom is -0.445 e. The number of carbonyl (C=O) groups excluding carboxylic acids is 1. The van der Waals surface area contributed by atoms with Crippen LogP contribution < -0.4 is 21.1 Å². The number of nitrogens with one attached hydrogen (secondary N) is 2. The number of phosphoric acid groups is 1. The maximum Gasteiger partial charge on any atom is 0.530 e. The van der Waals surface area contributed by atoms with Crippen molar-refractivity contribution in [3.63, 3.8) is 0 Å². The molecule has 5 atom stereocenters. The maximum absolute atomic E-state index is 13.3. The summed E-state index contributed by atoms with van der Waals surface area (Å²) in [6, 6.07) is 6.82. The van der Waals surface area contributed by atoms with E-state index in [1.807, 2.05) is 0 Å². The van der Waals surface area contributed by atoms with Crippen molar-refractivity contribution in [1.29, 1.82) is 0 Å². The smallest absolute Gasteiger partial charge is 0.445 e. The van der Waals surface area contributed by atoms with Gasteiger partial charge in [-0.05, 0) is 24.1 Å². The molecule has 1 saturated carbocycles. The lowest BCUT2D eigenvalue weighted by molar-refractivity contribution is -0.0297. The van der Waals surface area contributed by atoms with Gasteiger partial charge in [0.25, 0.3) is 5.56 Å². The summed E-state index contributed by atoms with van der Waals surface area (Å²) >= 11 is 0. The standard InChI is InChI=1S/C21H28N3O10P/c1-22-21(28)32-12-13-4-6-15(7-5-13)33-35(29,31-3)34-18-14(11-25)10-16(19(18)30-2)24-9-8-17(26)23-20(24)27/h4-9,14,16,18-19,25H,10-12H2,1-3H3,(H,22,28)(H,23,26,27)/t14-,16-,18?,19-,35?/m1/s1. The van der Waals surface area contributed by atoms with Gasteiger partial charge in [0, 0.05) is 46.1 Å². The molecule has 1 aromatic heterocycles. The lowest BCUT2D eigenvalue weighted by Gasteiger charge is -2.28. The molecule has 1 aromatic carbocycles. The Bertz CT molecular complexity index is 1160. The fourth-order valence-corrected chi connectivity index (χ4v) is 5.06. The lowest BCUT2D eigenvalue weighted by Crippen LogP contribution is -2.39. The number of H-pyrrole nitrogens is 1. The first-order valence-electron chi connectivity index (χ1n) is 10.7. The van der Waals surface area contributed by atoms with Crippen LogP contribution in [-0.2, 0) is 29.7 Å². The molecule has 1 aliphatic carbocycles. The molecule has 1 aliphatic rings. The number of aromatic nitrogens is 2. The number of rotatable bonds is 10. The van der Waals surface area contributed by atoms with Crippen molar-refractivity contribution in [3.05, 3.63) is 62.9 Å². The summed E-state index contributed by atoms with van der Waals surface area (Å²) in [5.41, 5.74) is -0.527. The fourth-order valence-electron chi connectivity index (χ4n) is 3.89. The Kier molecular flexibility index (Phi) is 8.87. The number of phosphoric ester groups is 1. The SMILES string of the molecule is CNC(=O)OCc1ccc(OP(=O)(OC)OC2[C@@H](CO)C[C@@H](n3ccc(=O)[nH]c3=O)[C@H]2OC)cc1. The predicted octanol–water partition coefficient (Wildman–Crippen LogP) is 1.18. The van der Waals surface area contributed by atoms with E-state index in [2.05, 4.69) is 10.3 Å². The largest absolute Gasteiger partial charge is 0.530 e. The number of carbonyl (C=O) groups is 1. The van der Waals surface area contributed by atoms with Crippen LogP contribution in [-0.4, -0.2) is 60.8 Å². The molecular weight excluding hydrogens is 485 g/mol. The number of alkyl carbamates (subject to hydrolysis) is 1. The average Bonchev–Trinajstić information content (AvgIpc) is 3.19. The molecule has 0 spiro atoms. The summed E-state index contributed by atoms with van der Waals surface area (Å²) in [5.74, 6) is -0.403. The van der Waals surface area contributed by atoms with Gasteiger partial charge in [-0.15, -0.1) is 0 Å². The third-order valence-electron chi connectivity index (χ3n) is 5.62. The Balaban J connectivity index is 1.77. The molecule has 35 heavy (non-hydrogen) atoms. The van der Waals surface area contributed by atoms with Gasteiger partial charge in [0.15, 0.2) is 0 Å². The molecule has 3 N–H and O–H groups in total. The molecule has 1 fully saturated rings. The molecule has 2 aromatic rings. The highest BCUT2D eigenvalue weighted by Gasteiger charge is 2.49. The van der Waals surface area contributed by atoms with Crippen molar-refractivity contribution in [3.8, 4) is 5.75 Å². The number of nitrogens with zero attached hydrogens (tertiary/aromatic N) is 1. The third-order valence-corrected chi connectivity index (χ3v) is 7.00. The monoisotopic (exact) mass is 513 g/mol. The first-order chi connectivity index (χ1) is 16.7. The number of amides is 1. The zero-order chi connectivity index (χ0) is 25.6. The molecule has 0 saturated heterocycles. The number of methoxy groups -OCH3 is 1. The highest BCUT2D eigenvalue weighted by molar-refractivity contribution is 7.48. The van der Waals surface area contributed by atoms with Crippen molar-refractivity contribution in [2.75, 3.05) is 27.9 Å². The topological polar surface area (TPSA) is 167 Å². The number of aliphatic hydroxyl groups is 1. The molecule has 0 radical (unpaired) electrons. The van der Waals surface area contributed by atoms with E-state index in [1.54, 1.807) is 12.1 Å². The van der Waals surface area contributed by atoms with E-state index in [0.29, 0.717) is 5.56 Å². The van der Waals surface area contributed by atoms with Gasteiger partial charge in [-0.2, -0.15) is 0 Å². The van der Waals surface area contributed by atoms with Crippen molar-refractivity contribution in [2.24, 2.45) is 5.92 Å². The van der Waals surface area contributed by atoms with Crippen molar-refractivity contribution in [2.45, 2.75) is 31.3 Å². The van der Waals surface area contributed by atoms with Gasteiger partial charge < -0.3 is 24.4 Å². The Morgan fingerprint density at radius 1 is 1.20 bits per heavy atom. The summed E-state index contributed by atoms with van der Waals surface area (Å²) in [6.45, 7) is -0.317. The molecule has 3 rings (SSSR count). The van der Waals surface area contributed by atoms with E-state index < -0.39 is 49.3 Å². The van der Waals surface area contributed by atoms with Crippen LogP contribution >= 0.6 is 7.82 Å². The van der Waals surface area contributed by atoms with Gasteiger partial charge in [-0.25, -0.2) is 14.2 Å². The molecule has 1 heterocycles. The van der Waals surface area contributed by atoms with Crippen LogP contribution in [0.5, 0.6) is 5.75 Å². The van der Waals surface area contributed by atoms with Crippen LogP contribution in [0.2, 0.25) is 0 Å². The second kappa shape index (κ2) is 11.6. The lowest BCUT2D eigenvalue weighted by atomic mass is 10.1. The number of benzene rings is 1. The molecular formula is C21H28N3O10P. The fraction of sp³-hybridized carbons (Fsp3) is 0.476. The first-order valence-corrected chi connectivity index (χ1v) is 12.1. The molecule has 192 valence electrons. The van der Waals surface area contributed by atoms with E-state index >= 15 is 0 Å². The summed E-state index contributed by atoms with van der Waals surface area (Å²) < 4.78 is 41.5. The zero-order valence-corrected chi connectivity index (χ0v) is 20.3. The first kappa shape index (κ1) is 26.6. The Labute approximate surface area is 200 Å². The number of aliphatic hydroxyl groups excluding tert-OH is 1. The highest BCUT2D eigenvalue weighted by Crippen LogP contribution is 2.54. The van der Waals surface area contributed by atoms with E-state index in [1.165, 1.54) is 43.1 Å². The van der Waals surface area contributed by atoms with Gasteiger partial charge >= 0.3 is 19.6 Å². The Morgan fingerprint density at radius 3 is 2.49 bits per heavy atom. The van der Waals surface area contributed by atoms with E-state index in [0.717, 1.165) is 7.11 Å². The van der Waals surface area contributed by atoms with Gasteiger partial charge in [0.2, 0.25) is 0 Å². The van der Waals surface area contributed by atoms with Crippen LogP contribution in [0.25, 0.3) is 0 Å². The quantitative estimate of drug-likeness (QED) is 0.393. The van der Waals surface area contributed by atoms with Gasteiger partial charge in [-0.3, -0.25) is 23.4 Å². The summed E-state index contributed by atoms with van der Waals surface area (Å²) in [6.07, 6.45) is -0.772.